The Morgan fingerprint density at radius 1 is 0.605 bits per heavy atom. The van der Waals surface area contributed by atoms with Crippen LogP contribution in [0.3, 0.4) is 0 Å². The fraction of sp³-hybridized carbons (Fsp3) is 0.400. The van der Waals surface area contributed by atoms with Crippen LogP contribution in [0.15, 0.2) is 60.7 Å². The molecular formula is C20H12F15O2P. The minimum absolute atomic E-state index is 0.310. The predicted octanol–water partition coefficient (Wildman–Crippen LogP) is 7.36. The second kappa shape index (κ2) is 8.62. The molecule has 1 atom stereocenters. The van der Waals surface area contributed by atoms with Crippen LogP contribution in [0.4, 0.5) is 65.9 Å². The second-order valence-corrected chi connectivity index (χ2v) is 12.0. The Bertz CT molecular complexity index is 1060. The summed E-state index contributed by atoms with van der Waals surface area (Å²) in [6, 6.07) is 5.80. The first-order valence-electron chi connectivity index (χ1n) is 9.82. The molecule has 2 nitrogen and oxygen atoms in total. The molecule has 214 valence electrons. The molecule has 0 N–H and O–H groups in total. The van der Waals surface area contributed by atoms with E-state index >= 15 is 0 Å². The third-order valence-electron chi connectivity index (χ3n) is 5.73. The average Bonchev–Trinajstić information content (AvgIpc) is 2.70. The summed E-state index contributed by atoms with van der Waals surface area (Å²) in [6.07, 6.45) is -39.4. The molecule has 38 heavy (non-hydrogen) atoms. The van der Waals surface area contributed by atoms with Crippen LogP contribution in [0.25, 0.3) is 0 Å². The molecule has 0 radical (unpaired) electrons. The summed E-state index contributed by atoms with van der Waals surface area (Å²) < 4.78 is 217. The molecule has 1 heterocycles. The van der Waals surface area contributed by atoms with E-state index in [0.29, 0.717) is 48.5 Å². The van der Waals surface area contributed by atoms with Gasteiger partial charge in [0.05, 0.1) is 0 Å². The van der Waals surface area contributed by atoms with Gasteiger partial charge in [-0.2, -0.15) is 0 Å². The second-order valence-electron chi connectivity index (χ2n) is 8.03. The van der Waals surface area contributed by atoms with E-state index in [1.807, 2.05) is 0 Å². The Balaban J connectivity index is 2.65. The van der Waals surface area contributed by atoms with Gasteiger partial charge in [0.2, 0.25) is 0 Å². The van der Waals surface area contributed by atoms with Crippen molar-refractivity contribution >= 4 is 17.7 Å². The van der Waals surface area contributed by atoms with Crippen molar-refractivity contribution in [3.8, 4) is 0 Å². The van der Waals surface area contributed by atoms with Gasteiger partial charge >= 0.3 is 201 Å². The van der Waals surface area contributed by atoms with Crippen molar-refractivity contribution in [3.05, 3.63) is 60.7 Å². The number of benzene rings is 2. The van der Waals surface area contributed by atoms with Crippen molar-refractivity contribution in [2.75, 3.05) is 0 Å². The summed E-state index contributed by atoms with van der Waals surface area (Å²) in [5.74, 6) is 0. The first-order valence-corrected chi connectivity index (χ1v) is 12.0. The number of rotatable bonds is 4. The van der Waals surface area contributed by atoms with Crippen LogP contribution >= 0.6 is 7.06 Å². The van der Waals surface area contributed by atoms with Crippen LogP contribution in [0.2, 0.25) is 0 Å². The molecule has 0 aliphatic carbocycles. The van der Waals surface area contributed by atoms with Crippen molar-refractivity contribution in [2.24, 2.45) is 0 Å². The van der Waals surface area contributed by atoms with Gasteiger partial charge in [0.1, 0.15) is 0 Å². The predicted molar refractivity (Wildman–Crippen MR) is 102 cm³/mol. The Kier molecular flexibility index (Phi) is 6.87. The van der Waals surface area contributed by atoms with Crippen molar-refractivity contribution in [1.82, 2.24) is 0 Å². The minimum atomic E-state index is -7.79. The molecule has 2 aromatic carbocycles. The van der Waals surface area contributed by atoms with Crippen molar-refractivity contribution in [2.45, 2.75) is 48.2 Å². The van der Waals surface area contributed by atoms with E-state index in [0.717, 1.165) is 12.1 Å². The van der Waals surface area contributed by atoms with Gasteiger partial charge in [-0.25, -0.2) is 0 Å². The summed E-state index contributed by atoms with van der Waals surface area (Å²) in [7, 11) is -7.79. The molecule has 1 unspecified atom stereocenters. The third-order valence-corrected chi connectivity index (χ3v) is 11.2. The summed E-state index contributed by atoms with van der Waals surface area (Å²) >= 11 is 0. The van der Waals surface area contributed by atoms with E-state index < -0.39 is 65.9 Å². The SMILES string of the molecule is FC(F)(F)C(OP1(c2ccccc2)(c2ccccc2)OC(C(F)(F)F)(C(F)(F)F)C1C(F)(F)F)C(F)(F)F. The Morgan fingerprint density at radius 3 is 1.21 bits per heavy atom. The average molecular weight is 600 g/mol. The van der Waals surface area contributed by atoms with Crippen LogP contribution in [-0.2, 0) is 9.05 Å². The topological polar surface area (TPSA) is 18.5 Å². The first-order chi connectivity index (χ1) is 17.0. The van der Waals surface area contributed by atoms with Crippen molar-refractivity contribution in [1.29, 1.82) is 0 Å². The Labute approximate surface area is 202 Å². The number of halogens is 15. The van der Waals surface area contributed by atoms with E-state index in [1.54, 1.807) is 0 Å². The normalized spacial score (nSPS) is 22.8. The number of hydrogen-bond donors (Lipinski definition) is 0. The third kappa shape index (κ3) is 4.21. The molecule has 2 aromatic rings. The zero-order valence-corrected chi connectivity index (χ0v) is 18.8. The molecule has 18 heteroatoms. The van der Waals surface area contributed by atoms with E-state index in [4.69, 9.17) is 0 Å². The molecule has 1 fully saturated rings. The van der Waals surface area contributed by atoms with Gasteiger partial charge in [-0.3, -0.25) is 0 Å². The molecule has 3 rings (SSSR count). The van der Waals surface area contributed by atoms with E-state index in [2.05, 4.69) is 9.05 Å². The number of alkyl halides is 15. The van der Waals surface area contributed by atoms with Gasteiger partial charge in [-0.1, -0.05) is 0 Å². The molecule has 1 saturated heterocycles. The summed E-state index contributed by atoms with van der Waals surface area (Å²) in [6.45, 7) is 0. The molecule has 0 saturated carbocycles. The van der Waals surface area contributed by atoms with Crippen LogP contribution in [-0.4, -0.2) is 48.2 Å². The maximum absolute atomic E-state index is 14.5. The molecule has 0 amide bonds. The zero-order valence-electron chi connectivity index (χ0n) is 17.9. The fourth-order valence-electron chi connectivity index (χ4n) is 4.43. The van der Waals surface area contributed by atoms with Crippen molar-refractivity contribution in [3.63, 3.8) is 0 Å². The van der Waals surface area contributed by atoms with E-state index in [-0.39, 0.29) is 0 Å². The van der Waals surface area contributed by atoms with E-state index in [1.165, 1.54) is 0 Å². The summed E-state index contributed by atoms with van der Waals surface area (Å²) in [4.78, 5) is 0. The summed E-state index contributed by atoms with van der Waals surface area (Å²) in [5, 5.41) is -3.04. The van der Waals surface area contributed by atoms with Gasteiger partial charge in [-0.15, -0.1) is 0 Å². The molecule has 1 aliphatic rings. The standard InChI is InChI=1S/C20H12F15O2P/c21-16(22,23)13(17(24,25)26)36-38(11-7-3-1-4-8-11,12-9-5-2-6-10-12)14(18(27,28)29)15(37-38,19(30,31)32)20(33,34)35/h1-10,13-14H. The summed E-state index contributed by atoms with van der Waals surface area (Å²) in [5.41, 5.74) is -11.4. The molecule has 1 aliphatic heterocycles. The molecule has 0 aromatic heterocycles. The quantitative estimate of drug-likeness (QED) is 0.270. The van der Waals surface area contributed by atoms with E-state index in [9.17, 15) is 65.9 Å². The first kappa shape index (κ1) is 30.3. The Morgan fingerprint density at radius 2 is 0.947 bits per heavy atom. The molecule has 0 bridgehead atoms. The molecule has 0 spiro atoms. The van der Waals surface area contributed by atoms with Gasteiger partial charge in [0, 0.05) is 0 Å². The van der Waals surface area contributed by atoms with Gasteiger partial charge in [0.25, 0.3) is 0 Å². The van der Waals surface area contributed by atoms with Crippen LogP contribution in [0, 0.1) is 0 Å². The van der Waals surface area contributed by atoms with Gasteiger partial charge < -0.3 is 0 Å². The number of hydrogen-bond acceptors (Lipinski definition) is 2. The monoisotopic (exact) mass is 600 g/mol. The fourth-order valence-corrected chi connectivity index (χ4v) is 10.4. The van der Waals surface area contributed by atoms with Crippen LogP contribution in [0.5, 0.6) is 0 Å². The Hall–Kier alpha value is -2.26. The van der Waals surface area contributed by atoms with Gasteiger partial charge in [-0.05, 0) is 0 Å². The molecular weight excluding hydrogens is 588 g/mol. The van der Waals surface area contributed by atoms with Gasteiger partial charge in [0.15, 0.2) is 0 Å². The van der Waals surface area contributed by atoms with Crippen LogP contribution in [0.1, 0.15) is 0 Å². The van der Waals surface area contributed by atoms with Crippen LogP contribution < -0.4 is 10.6 Å². The maximum atomic E-state index is 14.5. The van der Waals surface area contributed by atoms with Crippen molar-refractivity contribution < 1.29 is 74.9 Å². The zero-order chi connectivity index (χ0) is 29.2.